The molecule has 0 aromatic heterocycles. The lowest BCUT2D eigenvalue weighted by Gasteiger charge is -2.56. The van der Waals surface area contributed by atoms with E-state index in [9.17, 15) is 9.59 Å². The molecule has 3 atom stereocenters. The van der Waals surface area contributed by atoms with E-state index in [4.69, 9.17) is 9.84 Å². The largest absolute Gasteiger partial charge is 0.481 e. The lowest BCUT2D eigenvalue weighted by atomic mass is 9.44. The van der Waals surface area contributed by atoms with E-state index in [0.717, 1.165) is 6.42 Å². The molecule has 15 heavy (non-hydrogen) atoms. The van der Waals surface area contributed by atoms with Gasteiger partial charge in [0.05, 0.1) is 18.4 Å². The van der Waals surface area contributed by atoms with E-state index in [2.05, 4.69) is 0 Å². The zero-order valence-electron chi connectivity index (χ0n) is 9.24. The highest BCUT2D eigenvalue weighted by Crippen LogP contribution is 2.74. The van der Waals surface area contributed by atoms with E-state index in [-0.39, 0.29) is 17.3 Å². The summed E-state index contributed by atoms with van der Waals surface area (Å²) in [7, 11) is 1.33. The normalized spacial score (nSPS) is 40.7. The Morgan fingerprint density at radius 2 is 2.00 bits per heavy atom. The van der Waals surface area contributed by atoms with E-state index in [0.29, 0.717) is 6.42 Å². The van der Waals surface area contributed by atoms with Gasteiger partial charge in [-0.25, -0.2) is 0 Å². The molecule has 4 nitrogen and oxygen atoms in total. The molecule has 0 amide bonds. The van der Waals surface area contributed by atoms with Crippen molar-refractivity contribution < 1.29 is 19.4 Å². The third kappa shape index (κ3) is 0.880. The Balaban J connectivity index is 2.42. The van der Waals surface area contributed by atoms with Crippen molar-refractivity contribution in [1.82, 2.24) is 0 Å². The van der Waals surface area contributed by atoms with Gasteiger partial charge in [0.2, 0.25) is 0 Å². The molecule has 3 saturated carbocycles. The van der Waals surface area contributed by atoms with Crippen LogP contribution < -0.4 is 0 Å². The number of methoxy groups -OCH3 is 1. The number of rotatable bonds is 2. The van der Waals surface area contributed by atoms with Crippen molar-refractivity contribution in [2.24, 2.45) is 22.7 Å². The number of ether oxygens (including phenoxy) is 1. The summed E-state index contributed by atoms with van der Waals surface area (Å²) in [6, 6.07) is 0. The number of hydrogen-bond acceptors (Lipinski definition) is 3. The fraction of sp³-hybridized carbons (Fsp3) is 0.818. The van der Waals surface area contributed by atoms with E-state index in [1.807, 2.05) is 13.8 Å². The molecular weight excluding hydrogens is 196 g/mol. The van der Waals surface area contributed by atoms with Crippen LogP contribution in [-0.2, 0) is 14.3 Å². The zero-order valence-corrected chi connectivity index (χ0v) is 9.24. The monoisotopic (exact) mass is 212 g/mol. The Labute approximate surface area is 88.6 Å². The second-order valence-electron chi connectivity index (χ2n) is 5.15. The molecule has 3 rings (SSSR count). The highest BCUT2D eigenvalue weighted by Gasteiger charge is 2.77. The smallest absolute Gasteiger partial charge is 0.313 e. The maximum absolute atomic E-state index is 11.8. The minimum Gasteiger partial charge on any atom is -0.481 e. The van der Waals surface area contributed by atoms with Crippen LogP contribution in [0.1, 0.15) is 26.7 Å². The van der Waals surface area contributed by atoms with Crippen molar-refractivity contribution in [2.45, 2.75) is 26.7 Å². The van der Waals surface area contributed by atoms with Gasteiger partial charge >= 0.3 is 11.9 Å². The quantitative estimate of drug-likeness (QED) is 0.701. The number of carboxylic acids is 1. The van der Waals surface area contributed by atoms with Crippen LogP contribution in [0.4, 0.5) is 0 Å². The number of carbonyl (C=O) groups excluding carboxylic acids is 1. The highest BCUT2D eigenvalue weighted by molar-refractivity contribution is 5.89. The molecule has 84 valence electrons. The summed E-state index contributed by atoms with van der Waals surface area (Å²) in [4.78, 5) is 23.0. The highest BCUT2D eigenvalue weighted by atomic mass is 16.5. The first kappa shape index (κ1) is 10.5. The van der Waals surface area contributed by atoms with Gasteiger partial charge in [0.25, 0.3) is 0 Å². The number of aliphatic carboxylic acids is 1. The van der Waals surface area contributed by atoms with Crippen LogP contribution in [0.15, 0.2) is 0 Å². The Hall–Kier alpha value is -1.06. The molecule has 4 heteroatoms. The summed E-state index contributed by atoms with van der Waals surface area (Å²) in [5.41, 5.74) is -1.01. The fourth-order valence-electron chi connectivity index (χ4n) is 3.84. The second-order valence-corrected chi connectivity index (χ2v) is 5.15. The van der Waals surface area contributed by atoms with Gasteiger partial charge in [0, 0.05) is 0 Å². The Kier molecular flexibility index (Phi) is 1.91. The summed E-state index contributed by atoms with van der Waals surface area (Å²) in [5, 5.41) is 9.15. The van der Waals surface area contributed by atoms with Crippen molar-refractivity contribution in [3.8, 4) is 0 Å². The molecule has 0 aliphatic heterocycles. The Bertz CT molecular complexity index is 333. The van der Waals surface area contributed by atoms with Crippen LogP contribution in [0.25, 0.3) is 0 Å². The van der Waals surface area contributed by atoms with Gasteiger partial charge < -0.3 is 9.84 Å². The topological polar surface area (TPSA) is 63.6 Å². The lowest BCUT2D eigenvalue weighted by molar-refractivity contribution is -0.202. The molecule has 0 unspecified atom stereocenters. The molecule has 0 aromatic carbocycles. The van der Waals surface area contributed by atoms with Gasteiger partial charge in [-0.2, -0.15) is 0 Å². The fourth-order valence-corrected chi connectivity index (χ4v) is 3.84. The van der Waals surface area contributed by atoms with Crippen molar-refractivity contribution >= 4 is 11.9 Å². The molecule has 3 fully saturated rings. The van der Waals surface area contributed by atoms with Crippen molar-refractivity contribution in [2.75, 3.05) is 7.11 Å². The third-order valence-electron chi connectivity index (χ3n) is 4.68. The van der Waals surface area contributed by atoms with Gasteiger partial charge in [-0.15, -0.1) is 0 Å². The summed E-state index contributed by atoms with van der Waals surface area (Å²) < 4.78 is 4.79. The first-order chi connectivity index (χ1) is 6.89. The predicted octanol–water partition coefficient (Wildman–Crippen LogP) is 1.30. The van der Waals surface area contributed by atoms with Crippen molar-refractivity contribution in [3.05, 3.63) is 0 Å². The molecule has 3 aliphatic rings. The molecule has 1 N–H and O–H groups in total. The van der Waals surface area contributed by atoms with Crippen LogP contribution in [0.2, 0.25) is 0 Å². The molecule has 0 radical (unpaired) electrons. The van der Waals surface area contributed by atoms with E-state index >= 15 is 0 Å². The van der Waals surface area contributed by atoms with Gasteiger partial charge in [-0.1, -0.05) is 13.8 Å². The van der Waals surface area contributed by atoms with Crippen molar-refractivity contribution in [1.29, 1.82) is 0 Å². The lowest BCUT2D eigenvalue weighted by Crippen LogP contribution is -2.63. The molecule has 3 aliphatic carbocycles. The summed E-state index contributed by atoms with van der Waals surface area (Å²) in [6.45, 7) is 3.95. The minimum atomic E-state index is -0.859. The number of esters is 1. The van der Waals surface area contributed by atoms with Crippen LogP contribution in [0, 0.1) is 22.7 Å². The number of carbonyl (C=O) groups is 2. The maximum Gasteiger partial charge on any atom is 0.313 e. The zero-order chi connectivity index (χ0) is 11.4. The number of hydrogen-bond donors (Lipinski definition) is 1. The maximum atomic E-state index is 11.8. The summed E-state index contributed by atoms with van der Waals surface area (Å²) >= 11 is 0. The van der Waals surface area contributed by atoms with Crippen LogP contribution in [0.5, 0.6) is 0 Å². The van der Waals surface area contributed by atoms with E-state index in [1.165, 1.54) is 7.11 Å². The molecule has 0 aromatic rings. The molecule has 0 saturated heterocycles. The first-order valence-corrected chi connectivity index (χ1v) is 5.21. The molecule has 0 spiro atoms. The van der Waals surface area contributed by atoms with Crippen LogP contribution in [0.3, 0.4) is 0 Å². The average molecular weight is 212 g/mol. The standard InChI is InChI=1S/C11H16O4/c1-10(2)6-4-5-11(10,9(14)15-3)7(6)8(12)13/h6-7H,4-5H2,1-3H3,(H,12,13)/t6-,7-,11-/m1/s1. The molecular formula is C11H16O4. The molecule has 2 bridgehead atoms. The first-order valence-electron chi connectivity index (χ1n) is 5.21. The summed E-state index contributed by atoms with van der Waals surface area (Å²) in [5.74, 6) is -1.63. The van der Waals surface area contributed by atoms with E-state index < -0.39 is 17.3 Å². The number of carboxylic acid groups (broad SMARTS) is 1. The Morgan fingerprint density at radius 1 is 1.40 bits per heavy atom. The molecule has 0 heterocycles. The SMILES string of the molecule is COC(=O)[C@@]12CC[C@H]([C@@H]1C(=O)O)C2(C)C. The Morgan fingerprint density at radius 3 is 2.40 bits per heavy atom. The van der Waals surface area contributed by atoms with Crippen LogP contribution in [-0.4, -0.2) is 24.2 Å². The number of fused-ring (bicyclic) bond motifs is 1. The van der Waals surface area contributed by atoms with Gasteiger partial charge in [-0.05, 0) is 24.2 Å². The van der Waals surface area contributed by atoms with Gasteiger partial charge in [0.15, 0.2) is 0 Å². The average Bonchev–Trinajstić information content (AvgIpc) is 2.68. The summed E-state index contributed by atoms with van der Waals surface area (Å²) in [6.07, 6.45) is 1.47. The van der Waals surface area contributed by atoms with Gasteiger partial charge in [0.1, 0.15) is 0 Å². The van der Waals surface area contributed by atoms with E-state index in [1.54, 1.807) is 0 Å². The predicted molar refractivity (Wildman–Crippen MR) is 52.1 cm³/mol. The van der Waals surface area contributed by atoms with Gasteiger partial charge in [-0.3, -0.25) is 9.59 Å². The third-order valence-corrected chi connectivity index (χ3v) is 4.68. The minimum absolute atomic E-state index is 0.120. The second kappa shape index (κ2) is 2.74. The van der Waals surface area contributed by atoms with Crippen molar-refractivity contribution in [3.63, 3.8) is 0 Å². The van der Waals surface area contributed by atoms with Crippen LogP contribution >= 0.6 is 0 Å².